The number of nitrogens with zero attached hydrogens (tertiary/aromatic N) is 1. The van der Waals surface area contributed by atoms with Crippen LogP contribution in [0.1, 0.15) is 5.56 Å². The summed E-state index contributed by atoms with van der Waals surface area (Å²) in [4.78, 5) is 4.69. The van der Waals surface area contributed by atoms with E-state index < -0.39 is 0 Å². The normalized spacial score (nSPS) is 12.7. The zero-order valence-electron chi connectivity index (χ0n) is 13.2. The second-order valence-electron chi connectivity index (χ2n) is 5.88. The van der Waals surface area contributed by atoms with Gasteiger partial charge < -0.3 is 0 Å². The van der Waals surface area contributed by atoms with Gasteiger partial charge in [-0.25, -0.2) is 0 Å². The first-order chi connectivity index (χ1) is 11.5. The van der Waals surface area contributed by atoms with Crippen LogP contribution in [-0.2, 0) is 0 Å². The Morgan fingerprint density at radius 2 is 1.67 bits per heavy atom. The van der Waals surface area contributed by atoms with E-state index in [-0.39, 0.29) is 0 Å². The average molecular weight is 437 g/mol. The summed E-state index contributed by atoms with van der Waals surface area (Å²) in [6.07, 6.45) is 0. The third kappa shape index (κ3) is 2.54. The van der Waals surface area contributed by atoms with Crippen molar-refractivity contribution in [2.45, 2.75) is 16.7 Å². The molecule has 0 bridgehead atoms. The van der Waals surface area contributed by atoms with Gasteiger partial charge in [0.05, 0.1) is 0 Å². The first-order valence-corrected chi connectivity index (χ1v) is 9.87. The van der Waals surface area contributed by atoms with E-state index in [1.54, 1.807) is 11.8 Å². The monoisotopic (exact) mass is 438 g/mol. The number of benzene rings is 3. The minimum atomic E-state index is 0.784. The van der Waals surface area contributed by atoms with Crippen molar-refractivity contribution >= 4 is 66.3 Å². The van der Waals surface area contributed by atoms with E-state index >= 15 is 0 Å². The summed E-state index contributed by atoms with van der Waals surface area (Å²) in [5.74, 6) is 0. The summed E-state index contributed by atoms with van der Waals surface area (Å²) in [5, 5.41) is 0. The molecule has 4 N–H and O–H groups in total. The molecule has 0 fully saturated rings. The molecule has 5 heteroatoms. The molecule has 117 valence electrons. The van der Waals surface area contributed by atoms with E-state index in [0.717, 1.165) is 22.7 Å². The molecular formula is C19H16N3SSn. The number of hydrogen-bond acceptors (Lipinski definition) is 4. The number of rotatable bonds is 1. The molecule has 24 heavy (non-hydrogen) atoms. The molecular weight excluding hydrogens is 421 g/mol. The van der Waals surface area contributed by atoms with Crippen molar-refractivity contribution in [3.05, 3.63) is 60.2 Å². The van der Waals surface area contributed by atoms with Crippen LogP contribution in [0.2, 0.25) is 0 Å². The van der Waals surface area contributed by atoms with Crippen LogP contribution < -0.4 is 19.9 Å². The van der Waals surface area contributed by atoms with Crippen molar-refractivity contribution in [1.82, 2.24) is 0 Å². The van der Waals surface area contributed by atoms with Gasteiger partial charge in [-0.3, -0.25) is 0 Å². The fraction of sp³-hybridized carbons (Fsp3) is 0.0526. The number of aryl methyl sites for hydroxylation is 1. The summed E-state index contributed by atoms with van der Waals surface area (Å²) in [5.41, 5.74) is 18.6. The third-order valence-corrected chi connectivity index (χ3v) is 6.73. The van der Waals surface area contributed by atoms with E-state index in [1.165, 1.54) is 47.1 Å². The van der Waals surface area contributed by atoms with Crippen molar-refractivity contribution < 1.29 is 0 Å². The van der Waals surface area contributed by atoms with Gasteiger partial charge in [0.25, 0.3) is 0 Å². The second kappa shape index (κ2) is 5.93. The van der Waals surface area contributed by atoms with E-state index in [0.29, 0.717) is 0 Å². The Kier molecular flexibility index (Phi) is 3.89. The van der Waals surface area contributed by atoms with Crippen LogP contribution >= 0.6 is 11.8 Å². The molecule has 4 rings (SSSR count). The summed E-state index contributed by atoms with van der Waals surface area (Å²) >= 11 is 3.07. The van der Waals surface area contributed by atoms with Crippen LogP contribution in [0.15, 0.2) is 64.4 Å². The molecule has 3 radical (unpaired) electrons. The van der Waals surface area contributed by atoms with Gasteiger partial charge in [-0.05, 0) is 0 Å². The Hall–Kier alpha value is -1.79. The second-order valence-corrected chi connectivity index (χ2v) is 8.39. The Labute approximate surface area is 159 Å². The van der Waals surface area contributed by atoms with Crippen LogP contribution in [0, 0.1) is 6.92 Å². The first kappa shape index (κ1) is 15.7. The molecule has 1 aliphatic rings. The number of anilines is 5. The quantitative estimate of drug-likeness (QED) is 0.351. The van der Waals surface area contributed by atoms with Gasteiger partial charge in [0, 0.05) is 0 Å². The van der Waals surface area contributed by atoms with Crippen molar-refractivity contribution in [3.8, 4) is 0 Å². The maximum atomic E-state index is 6.22. The molecule has 0 unspecified atom stereocenters. The molecule has 0 amide bonds. The van der Waals surface area contributed by atoms with Crippen molar-refractivity contribution in [3.63, 3.8) is 0 Å². The molecule has 0 aromatic heterocycles. The van der Waals surface area contributed by atoms with E-state index in [9.17, 15) is 0 Å². The van der Waals surface area contributed by atoms with E-state index in [2.05, 4.69) is 48.2 Å². The van der Waals surface area contributed by atoms with Crippen molar-refractivity contribution in [1.29, 1.82) is 0 Å². The zero-order chi connectivity index (χ0) is 16.8. The Morgan fingerprint density at radius 3 is 2.42 bits per heavy atom. The molecule has 0 saturated carbocycles. The van der Waals surface area contributed by atoms with Gasteiger partial charge in [0.1, 0.15) is 0 Å². The van der Waals surface area contributed by atoms with Crippen LogP contribution in [0.25, 0.3) is 0 Å². The van der Waals surface area contributed by atoms with Gasteiger partial charge in [-0.15, -0.1) is 0 Å². The molecule has 0 atom stereocenters. The molecule has 1 heterocycles. The summed E-state index contributed by atoms with van der Waals surface area (Å²) in [6.45, 7) is 2.10. The zero-order valence-corrected chi connectivity index (χ0v) is 16.9. The molecule has 0 spiro atoms. The Balaban J connectivity index is 2.00. The number of fused-ring (bicyclic) bond motifs is 2. The van der Waals surface area contributed by atoms with Gasteiger partial charge in [0.2, 0.25) is 0 Å². The number of nitrogen functional groups attached to an aromatic ring is 2. The molecule has 1 aliphatic heterocycles. The summed E-state index contributed by atoms with van der Waals surface area (Å²) in [6, 6.07) is 18.8. The van der Waals surface area contributed by atoms with Crippen LogP contribution in [0.3, 0.4) is 0 Å². The van der Waals surface area contributed by atoms with Crippen LogP contribution in [0.5, 0.6) is 0 Å². The van der Waals surface area contributed by atoms with Gasteiger partial charge >= 0.3 is 160 Å². The maximum absolute atomic E-state index is 6.22. The predicted molar refractivity (Wildman–Crippen MR) is 104 cm³/mol. The van der Waals surface area contributed by atoms with Crippen molar-refractivity contribution in [2.24, 2.45) is 0 Å². The molecule has 3 nitrogen and oxygen atoms in total. The average Bonchev–Trinajstić information content (AvgIpc) is 2.57. The van der Waals surface area contributed by atoms with Gasteiger partial charge in [-0.2, -0.15) is 0 Å². The number of hydrogen-bond donors (Lipinski definition) is 2. The van der Waals surface area contributed by atoms with E-state index in [1.807, 2.05) is 18.2 Å². The number of nitrogens with two attached hydrogens (primary N) is 2. The third-order valence-electron chi connectivity index (χ3n) is 4.13. The SMILES string of the molecule is Cc1ccc(N2c3ccc(N)cc3Sc3ccc(N)[c]([Sn])c32)cc1. The van der Waals surface area contributed by atoms with Crippen LogP contribution in [0.4, 0.5) is 28.4 Å². The fourth-order valence-electron chi connectivity index (χ4n) is 2.89. The predicted octanol–water partition coefficient (Wildman–Crippen LogP) is 3.89. The van der Waals surface area contributed by atoms with Crippen molar-refractivity contribution in [2.75, 3.05) is 16.4 Å². The van der Waals surface area contributed by atoms with Gasteiger partial charge in [0.15, 0.2) is 0 Å². The first-order valence-electron chi connectivity index (χ1n) is 7.63. The topological polar surface area (TPSA) is 55.3 Å². The summed E-state index contributed by atoms with van der Waals surface area (Å²) < 4.78 is 1.19. The van der Waals surface area contributed by atoms with E-state index in [4.69, 9.17) is 11.5 Å². The molecule has 0 saturated heterocycles. The van der Waals surface area contributed by atoms with Gasteiger partial charge in [-0.1, -0.05) is 0 Å². The standard InChI is InChI=1S/C19H16N3S.Sn/c1-12-2-6-15(7-3-12)22-16-8-4-14(21)11-19(16)23-18-9-5-13(20)10-17(18)22;/h2-9,11H,20-21H2,1H3;. The molecule has 0 aliphatic carbocycles. The Morgan fingerprint density at radius 1 is 0.917 bits per heavy atom. The Bertz CT molecular complexity index is 938. The fourth-order valence-corrected chi connectivity index (χ4v) is 5.21. The molecule has 3 aromatic rings. The molecule has 3 aromatic carbocycles. The van der Waals surface area contributed by atoms with Crippen LogP contribution in [-0.4, -0.2) is 22.5 Å². The summed E-state index contributed by atoms with van der Waals surface area (Å²) in [7, 11) is 0. The minimum absolute atomic E-state index is 0.784.